The predicted octanol–water partition coefficient (Wildman–Crippen LogP) is -0.0467. The Morgan fingerprint density at radius 1 is 1.75 bits per heavy atom. The van der Waals surface area contributed by atoms with Gasteiger partial charge in [0.2, 0.25) is 6.41 Å². The summed E-state index contributed by atoms with van der Waals surface area (Å²) in [7, 11) is 0. The molecule has 12 heavy (non-hydrogen) atoms. The van der Waals surface area contributed by atoms with Gasteiger partial charge in [0, 0.05) is 5.57 Å². The lowest BCUT2D eigenvalue weighted by Gasteiger charge is -2.08. The molecule has 1 N–H and O–H groups in total. The maximum atomic E-state index is 10.7. The van der Waals surface area contributed by atoms with Crippen LogP contribution in [0.2, 0.25) is 0 Å². The third-order valence-corrected chi connectivity index (χ3v) is 1.02. The lowest BCUT2D eigenvalue weighted by molar-refractivity contribution is -0.156. The van der Waals surface area contributed by atoms with Gasteiger partial charge >= 0.3 is 5.97 Å². The van der Waals surface area contributed by atoms with E-state index in [2.05, 4.69) is 11.3 Å². The fourth-order valence-corrected chi connectivity index (χ4v) is 0.408. The second-order valence-electron chi connectivity index (χ2n) is 2.18. The van der Waals surface area contributed by atoms with Crippen molar-refractivity contribution in [3.63, 3.8) is 0 Å². The van der Waals surface area contributed by atoms with Crippen LogP contribution in [0, 0.1) is 0 Å². The van der Waals surface area contributed by atoms with E-state index in [9.17, 15) is 9.59 Å². The number of esters is 1. The van der Waals surface area contributed by atoms with E-state index in [4.69, 9.17) is 5.21 Å². The fraction of sp³-hybridized carbons (Fsp3) is 0.429. The Bertz CT molecular complexity index is 190. The monoisotopic (exact) mass is 173 g/mol. The van der Waals surface area contributed by atoms with Crippen LogP contribution in [0.25, 0.3) is 0 Å². The van der Waals surface area contributed by atoms with Gasteiger partial charge in [0.25, 0.3) is 0 Å². The van der Waals surface area contributed by atoms with Gasteiger partial charge in [-0.3, -0.25) is 10.0 Å². The lowest BCUT2D eigenvalue weighted by atomic mass is 10.4. The highest BCUT2D eigenvalue weighted by Crippen LogP contribution is 1.91. The Hall–Kier alpha value is -1.36. The van der Waals surface area contributed by atoms with Crippen LogP contribution in [0.1, 0.15) is 6.92 Å². The maximum Gasteiger partial charge on any atom is 0.333 e. The van der Waals surface area contributed by atoms with Crippen molar-refractivity contribution in [2.75, 3.05) is 13.2 Å². The quantitative estimate of drug-likeness (QED) is 0.208. The van der Waals surface area contributed by atoms with Gasteiger partial charge in [0.05, 0.1) is 6.54 Å². The summed E-state index contributed by atoms with van der Waals surface area (Å²) in [5.74, 6) is -0.533. The van der Waals surface area contributed by atoms with Crippen molar-refractivity contribution in [3.8, 4) is 0 Å². The number of carbonyl (C=O) groups is 2. The molecule has 0 aliphatic rings. The Kier molecular flexibility index (Phi) is 4.71. The van der Waals surface area contributed by atoms with Gasteiger partial charge in [-0.1, -0.05) is 6.58 Å². The normalized spacial score (nSPS) is 8.83. The van der Waals surface area contributed by atoms with E-state index in [0.29, 0.717) is 5.06 Å². The van der Waals surface area contributed by atoms with Gasteiger partial charge < -0.3 is 4.74 Å². The molecule has 0 heterocycles. The molecule has 0 saturated heterocycles. The first kappa shape index (κ1) is 10.6. The Labute approximate surface area is 70.2 Å². The third kappa shape index (κ3) is 4.45. The minimum absolute atomic E-state index is 0.0392. The van der Waals surface area contributed by atoms with E-state index in [-0.39, 0.29) is 25.1 Å². The van der Waals surface area contributed by atoms with Crippen molar-refractivity contribution in [1.29, 1.82) is 0 Å². The van der Waals surface area contributed by atoms with E-state index in [0.717, 1.165) is 0 Å². The summed E-state index contributed by atoms with van der Waals surface area (Å²) in [5, 5.41) is 8.96. The highest BCUT2D eigenvalue weighted by molar-refractivity contribution is 5.86. The molecule has 0 aromatic rings. The Morgan fingerprint density at radius 3 is 2.75 bits per heavy atom. The minimum atomic E-state index is -0.533. The zero-order valence-corrected chi connectivity index (χ0v) is 6.82. The first-order valence-electron chi connectivity index (χ1n) is 3.31. The first-order valence-corrected chi connectivity index (χ1v) is 3.31. The second kappa shape index (κ2) is 5.31. The molecule has 0 aliphatic carbocycles. The summed E-state index contributed by atoms with van der Waals surface area (Å²) < 4.78 is 4.58. The molecule has 0 aliphatic heterocycles. The minimum Gasteiger partial charge on any atom is -0.460 e. The number of ether oxygens (including phenoxy) is 1. The molecule has 5 heteroatoms. The summed E-state index contributed by atoms with van der Waals surface area (Å²) in [4.78, 5) is 20.5. The SMILES string of the molecule is C=C(C)C(=O)OCCN(O)C=O. The van der Waals surface area contributed by atoms with Crippen LogP contribution in [-0.2, 0) is 14.3 Å². The average Bonchev–Trinajstić information content (AvgIpc) is 2.03. The zero-order valence-electron chi connectivity index (χ0n) is 6.82. The summed E-state index contributed by atoms with van der Waals surface area (Å²) in [6.07, 6.45) is 0.231. The largest absolute Gasteiger partial charge is 0.460 e. The number of hydrogen-bond acceptors (Lipinski definition) is 4. The van der Waals surface area contributed by atoms with Crippen LogP contribution in [0.5, 0.6) is 0 Å². The standard InChI is InChI=1S/C7H11NO4/c1-6(2)7(10)12-4-3-8(11)5-9/h5,11H,1,3-4H2,2H3. The van der Waals surface area contributed by atoms with E-state index in [1.807, 2.05) is 0 Å². The van der Waals surface area contributed by atoms with E-state index < -0.39 is 5.97 Å². The molecule has 0 aromatic carbocycles. The molecule has 0 fully saturated rings. The van der Waals surface area contributed by atoms with Gasteiger partial charge in [0.15, 0.2) is 0 Å². The fourth-order valence-electron chi connectivity index (χ4n) is 0.408. The molecular formula is C7H11NO4. The van der Waals surface area contributed by atoms with Gasteiger partial charge in [-0.15, -0.1) is 0 Å². The van der Waals surface area contributed by atoms with Gasteiger partial charge in [-0.05, 0) is 6.92 Å². The van der Waals surface area contributed by atoms with Crippen molar-refractivity contribution < 1.29 is 19.5 Å². The van der Waals surface area contributed by atoms with Crippen molar-refractivity contribution in [2.45, 2.75) is 6.92 Å². The van der Waals surface area contributed by atoms with Gasteiger partial charge in [0.1, 0.15) is 6.61 Å². The smallest absolute Gasteiger partial charge is 0.333 e. The number of amides is 1. The molecule has 68 valence electrons. The van der Waals surface area contributed by atoms with Crippen LogP contribution >= 0.6 is 0 Å². The van der Waals surface area contributed by atoms with Crippen molar-refractivity contribution in [1.82, 2.24) is 5.06 Å². The van der Waals surface area contributed by atoms with Gasteiger partial charge in [-0.2, -0.15) is 0 Å². The number of nitrogens with zero attached hydrogens (tertiary/aromatic N) is 1. The van der Waals surface area contributed by atoms with Crippen LogP contribution in [-0.4, -0.2) is 35.8 Å². The molecule has 0 saturated carbocycles. The van der Waals surface area contributed by atoms with Crippen molar-refractivity contribution >= 4 is 12.4 Å². The number of rotatable bonds is 5. The Balaban J connectivity index is 3.50. The molecule has 0 spiro atoms. The van der Waals surface area contributed by atoms with E-state index in [1.54, 1.807) is 0 Å². The predicted molar refractivity (Wildman–Crippen MR) is 40.3 cm³/mol. The topological polar surface area (TPSA) is 66.8 Å². The molecule has 0 bridgehead atoms. The number of hydrogen-bond donors (Lipinski definition) is 1. The zero-order chi connectivity index (χ0) is 9.56. The molecule has 1 amide bonds. The Morgan fingerprint density at radius 2 is 2.33 bits per heavy atom. The molecule has 0 atom stereocenters. The molecule has 0 aromatic heterocycles. The summed E-state index contributed by atoms with van der Waals surface area (Å²) in [5.41, 5.74) is 0.283. The van der Waals surface area contributed by atoms with Crippen LogP contribution < -0.4 is 0 Å². The van der Waals surface area contributed by atoms with Crippen molar-refractivity contribution in [3.05, 3.63) is 12.2 Å². The van der Waals surface area contributed by atoms with E-state index in [1.165, 1.54) is 6.92 Å². The van der Waals surface area contributed by atoms with Crippen molar-refractivity contribution in [2.24, 2.45) is 0 Å². The molecular weight excluding hydrogens is 162 g/mol. The summed E-state index contributed by atoms with van der Waals surface area (Å²) in [6.45, 7) is 4.79. The number of carbonyl (C=O) groups excluding carboxylic acids is 2. The van der Waals surface area contributed by atoms with Crippen LogP contribution in [0.4, 0.5) is 0 Å². The summed E-state index contributed by atoms with van der Waals surface area (Å²) in [6, 6.07) is 0. The summed E-state index contributed by atoms with van der Waals surface area (Å²) >= 11 is 0. The van der Waals surface area contributed by atoms with Crippen LogP contribution in [0.3, 0.4) is 0 Å². The highest BCUT2D eigenvalue weighted by Gasteiger charge is 2.03. The average molecular weight is 173 g/mol. The molecule has 0 radical (unpaired) electrons. The molecule has 0 unspecified atom stereocenters. The maximum absolute atomic E-state index is 10.7. The second-order valence-corrected chi connectivity index (χ2v) is 2.18. The van der Waals surface area contributed by atoms with Crippen LogP contribution in [0.15, 0.2) is 12.2 Å². The highest BCUT2D eigenvalue weighted by atomic mass is 16.5. The third-order valence-electron chi connectivity index (χ3n) is 1.02. The molecule has 0 rings (SSSR count). The first-order chi connectivity index (χ1) is 5.57. The lowest BCUT2D eigenvalue weighted by Crippen LogP contribution is -2.23. The molecule has 5 nitrogen and oxygen atoms in total. The van der Waals surface area contributed by atoms with E-state index >= 15 is 0 Å². The number of hydroxylamine groups is 2. The van der Waals surface area contributed by atoms with Gasteiger partial charge in [-0.25, -0.2) is 9.86 Å².